The van der Waals surface area contributed by atoms with Gasteiger partial charge in [0.25, 0.3) is 0 Å². The van der Waals surface area contributed by atoms with Gasteiger partial charge in [-0.25, -0.2) is 0 Å². The number of hydrogen-bond acceptors (Lipinski definition) is 2. The zero-order valence-corrected chi connectivity index (χ0v) is 17.9. The van der Waals surface area contributed by atoms with Crippen LogP contribution in [0.25, 0.3) is 0 Å². The fraction of sp³-hybridized carbons (Fsp3) is 0.920. The first-order chi connectivity index (χ1) is 14.0. The average Bonchev–Trinajstić information content (AvgIpc) is 2.62. The Morgan fingerprint density at radius 3 is 1.52 bits per heavy atom. The summed E-state index contributed by atoms with van der Waals surface area (Å²) in [4.78, 5) is 25.7. The molecule has 8 bridgehead atoms. The molecule has 8 aliphatic carbocycles. The topological polar surface area (TPSA) is 58.2 Å². The highest BCUT2D eigenvalue weighted by Gasteiger charge is 2.54. The van der Waals surface area contributed by atoms with E-state index in [9.17, 15) is 9.59 Å². The third kappa shape index (κ3) is 3.33. The van der Waals surface area contributed by atoms with Gasteiger partial charge in [0.2, 0.25) is 11.8 Å². The molecule has 0 aromatic heterocycles. The lowest BCUT2D eigenvalue weighted by Gasteiger charge is -2.56. The standard InChI is InChI=1S/C25H38N2O2/c28-22(15-24-9-16-3-17(10-24)5-18(4-16)11-24)26-1-2-27-23(29)25-12-19-6-20(13-25)8-21(7-19)14-25/h16-21H,1-15H2,(H,26,28)(H,27,29). The van der Waals surface area contributed by atoms with Crippen molar-refractivity contribution in [3.8, 4) is 0 Å². The molecule has 160 valence electrons. The van der Waals surface area contributed by atoms with Crippen molar-refractivity contribution in [2.75, 3.05) is 13.1 Å². The lowest BCUT2D eigenvalue weighted by Crippen LogP contribution is -2.54. The minimum Gasteiger partial charge on any atom is -0.354 e. The molecule has 0 aromatic carbocycles. The van der Waals surface area contributed by atoms with Crippen molar-refractivity contribution >= 4 is 11.8 Å². The molecular formula is C25H38N2O2. The molecule has 8 fully saturated rings. The molecule has 4 nitrogen and oxygen atoms in total. The Morgan fingerprint density at radius 2 is 1.03 bits per heavy atom. The minimum atomic E-state index is -0.0715. The van der Waals surface area contributed by atoms with E-state index in [0.717, 1.165) is 61.2 Å². The summed E-state index contributed by atoms with van der Waals surface area (Å²) in [5.41, 5.74) is 0.235. The van der Waals surface area contributed by atoms with Gasteiger partial charge in [-0.2, -0.15) is 0 Å². The van der Waals surface area contributed by atoms with Crippen LogP contribution in [0, 0.1) is 46.3 Å². The summed E-state index contributed by atoms with van der Waals surface area (Å²) in [6.07, 6.45) is 16.3. The Morgan fingerprint density at radius 1 is 0.621 bits per heavy atom. The van der Waals surface area contributed by atoms with Gasteiger partial charge < -0.3 is 10.6 Å². The first-order valence-corrected chi connectivity index (χ1v) is 12.5. The average molecular weight is 399 g/mol. The number of rotatable bonds is 6. The Balaban J connectivity index is 0.972. The van der Waals surface area contributed by atoms with E-state index in [2.05, 4.69) is 10.6 Å². The zero-order chi connectivity index (χ0) is 19.6. The number of amides is 2. The summed E-state index contributed by atoms with van der Waals surface area (Å²) < 4.78 is 0. The molecule has 8 aliphatic rings. The Kier molecular flexibility index (Phi) is 4.33. The minimum absolute atomic E-state index is 0.0715. The van der Waals surface area contributed by atoms with Crippen LogP contribution in [0.15, 0.2) is 0 Å². The van der Waals surface area contributed by atoms with Gasteiger partial charge in [-0.15, -0.1) is 0 Å². The molecule has 0 heterocycles. The highest BCUT2D eigenvalue weighted by Crippen LogP contribution is 2.61. The van der Waals surface area contributed by atoms with Crippen molar-refractivity contribution in [2.45, 2.75) is 83.5 Å². The smallest absolute Gasteiger partial charge is 0.226 e. The van der Waals surface area contributed by atoms with Crippen LogP contribution in [0.2, 0.25) is 0 Å². The molecule has 0 saturated heterocycles. The predicted molar refractivity (Wildman–Crippen MR) is 112 cm³/mol. The summed E-state index contributed by atoms with van der Waals surface area (Å²) in [5, 5.41) is 6.33. The third-order valence-corrected chi connectivity index (χ3v) is 9.95. The lowest BCUT2D eigenvalue weighted by atomic mass is 9.49. The largest absolute Gasteiger partial charge is 0.354 e. The monoisotopic (exact) mass is 398 g/mol. The second kappa shape index (κ2) is 6.72. The maximum Gasteiger partial charge on any atom is 0.226 e. The molecule has 2 amide bonds. The van der Waals surface area contributed by atoms with Gasteiger partial charge >= 0.3 is 0 Å². The summed E-state index contributed by atoms with van der Waals surface area (Å²) >= 11 is 0. The maximum atomic E-state index is 13.0. The van der Waals surface area contributed by atoms with E-state index in [1.165, 1.54) is 57.8 Å². The van der Waals surface area contributed by atoms with Crippen LogP contribution in [0.1, 0.15) is 83.5 Å². The van der Waals surface area contributed by atoms with E-state index < -0.39 is 0 Å². The van der Waals surface area contributed by atoms with Crippen LogP contribution in [0.4, 0.5) is 0 Å². The summed E-state index contributed by atoms with van der Waals surface area (Å²) in [5.74, 6) is 5.59. The van der Waals surface area contributed by atoms with Gasteiger partial charge in [0.1, 0.15) is 0 Å². The van der Waals surface area contributed by atoms with E-state index in [4.69, 9.17) is 0 Å². The Hall–Kier alpha value is -1.06. The van der Waals surface area contributed by atoms with Gasteiger partial charge in [-0.1, -0.05) is 0 Å². The molecule has 0 atom stereocenters. The van der Waals surface area contributed by atoms with Gasteiger partial charge in [0, 0.05) is 24.9 Å². The molecule has 0 aliphatic heterocycles. The zero-order valence-electron chi connectivity index (χ0n) is 17.9. The van der Waals surface area contributed by atoms with Crippen molar-refractivity contribution in [3.05, 3.63) is 0 Å². The van der Waals surface area contributed by atoms with E-state index in [0.29, 0.717) is 18.5 Å². The van der Waals surface area contributed by atoms with Gasteiger partial charge in [0.15, 0.2) is 0 Å². The second-order valence-electron chi connectivity index (χ2n) is 12.4. The lowest BCUT2D eigenvalue weighted by molar-refractivity contribution is -0.146. The molecular weight excluding hydrogens is 360 g/mol. The van der Waals surface area contributed by atoms with Crippen molar-refractivity contribution in [3.63, 3.8) is 0 Å². The third-order valence-electron chi connectivity index (χ3n) is 9.95. The first kappa shape index (κ1) is 18.7. The molecule has 8 saturated carbocycles. The second-order valence-corrected chi connectivity index (χ2v) is 12.4. The van der Waals surface area contributed by atoms with Crippen LogP contribution in [-0.4, -0.2) is 24.9 Å². The molecule has 0 spiro atoms. The van der Waals surface area contributed by atoms with Crippen LogP contribution < -0.4 is 10.6 Å². The van der Waals surface area contributed by atoms with Crippen molar-refractivity contribution in [1.82, 2.24) is 10.6 Å². The molecule has 8 rings (SSSR count). The summed E-state index contributed by atoms with van der Waals surface area (Å²) in [7, 11) is 0. The van der Waals surface area contributed by atoms with Crippen LogP contribution in [-0.2, 0) is 9.59 Å². The van der Waals surface area contributed by atoms with Gasteiger partial charge in [-0.3, -0.25) is 9.59 Å². The van der Waals surface area contributed by atoms with Crippen molar-refractivity contribution in [1.29, 1.82) is 0 Å². The Labute approximate surface area is 175 Å². The number of carbonyl (C=O) groups is 2. The van der Waals surface area contributed by atoms with Crippen LogP contribution in [0.5, 0.6) is 0 Å². The van der Waals surface area contributed by atoms with E-state index in [-0.39, 0.29) is 17.2 Å². The molecule has 0 radical (unpaired) electrons. The molecule has 0 unspecified atom stereocenters. The number of nitrogens with one attached hydrogen (secondary N) is 2. The molecule has 0 aromatic rings. The van der Waals surface area contributed by atoms with E-state index >= 15 is 0 Å². The molecule has 4 heteroatoms. The SMILES string of the molecule is O=C(CC12CC3CC(CC(C3)C1)C2)NCCNC(=O)C12CC3CC(CC(C3)C1)C2. The Bertz CT molecular complexity index is 628. The van der Waals surface area contributed by atoms with Gasteiger partial charge in [0.05, 0.1) is 0 Å². The maximum absolute atomic E-state index is 13.0. The van der Waals surface area contributed by atoms with Crippen LogP contribution in [0.3, 0.4) is 0 Å². The predicted octanol–water partition coefficient (Wildman–Crippen LogP) is 4.04. The molecule has 2 N–H and O–H groups in total. The number of hydrogen-bond donors (Lipinski definition) is 2. The van der Waals surface area contributed by atoms with Crippen LogP contribution >= 0.6 is 0 Å². The normalized spacial score (nSPS) is 48.7. The fourth-order valence-electron chi connectivity index (χ4n) is 9.86. The van der Waals surface area contributed by atoms with Crippen molar-refractivity contribution < 1.29 is 9.59 Å². The first-order valence-electron chi connectivity index (χ1n) is 12.5. The van der Waals surface area contributed by atoms with E-state index in [1.807, 2.05) is 0 Å². The summed E-state index contributed by atoms with van der Waals surface area (Å²) in [6.45, 7) is 1.18. The summed E-state index contributed by atoms with van der Waals surface area (Å²) in [6, 6.07) is 0. The molecule has 29 heavy (non-hydrogen) atoms. The van der Waals surface area contributed by atoms with Crippen molar-refractivity contribution in [2.24, 2.45) is 46.3 Å². The van der Waals surface area contributed by atoms with Gasteiger partial charge in [-0.05, 0) is 118 Å². The van der Waals surface area contributed by atoms with E-state index in [1.54, 1.807) is 0 Å². The highest BCUT2D eigenvalue weighted by atomic mass is 16.2. The fourth-order valence-corrected chi connectivity index (χ4v) is 9.86. The quantitative estimate of drug-likeness (QED) is 0.664. The highest BCUT2D eigenvalue weighted by molar-refractivity contribution is 5.83. The number of carbonyl (C=O) groups excluding carboxylic acids is 2.